The molecule has 22 heavy (non-hydrogen) atoms. The minimum Gasteiger partial charge on any atom is -0.339 e. The number of aryl methyl sites for hydroxylation is 1. The predicted octanol–water partition coefficient (Wildman–Crippen LogP) is 3.00. The van der Waals surface area contributed by atoms with Crippen LogP contribution in [0.3, 0.4) is 0 Å². The number of hydrogen-bond acceptors (Lipinski definition) is 7. The van der Waals surface area contributed by atoms with Crippen LogP contribution in [0.2, 0.25) is 0 Å². The molecule has 2 aromatic rings. The van der Waals surface area contributed by atoms with Gasteiger partial charge in [-0.2, -0.15) is 13.8 Å². The number of nitrogens with zero attached hydrogens (tertiary/aromatic N) is 3. The molecule has 0 aliphatic carbocycles. The van der Waals surface area contributed by atoms with E-state index in [-0.39, 0.29) is 10.2 Å². The third-order valence-corrected chi connectivity index (χ3v) is 5.72. The first kappa shape index (κ1) is 16.6. The maximum Gasteiger partial charge on any atom is 0.301 e. The van der Waals surface area contributed by atoms with Gasteiger partial charge in [-0.3, -0.25) is 0 Å². The van der Waals surface area contributed by atoms with E-state index in [1.54, 1.807) is 0 Å². The zero-order valence-electron chi connectivity index (χ0n) is 11.2. The fourth-order valence-electron chi connectivity index (χ4n) is 1.41. The Hall–Kier alpha value is -1.75. The van der Waals surface area contributed by atoms with E-state index in [0.717, 1.165) is 11.3 Å². The number of halogens is 3. The van der Waals surface area contributed by atoms with Crippen molar-refractivity contribution < 1.29 is 26.1 Å². The lowest BCUT2D eigenvalue weighted by atomic mass is 10.4. The first-order valence-corrected chi connectivity index (χ1v) is 8.51. The van der Waals surface area contributed by atoms with Crippen molar-refractivity contribution in [2.45, 2.75) is 24.1 Å². The quantitative estimate of drug-likeness (QED) is 0.793. The highest BCUT2D eigenvalue weighted by Gasteiger charge is 2.22. The van der Waals surface area contributed by atoms with Gasteiger partial charge in [-0.1, -0.05) is 23.4 Å². The highest BCUT2D eigenvalue weighted by atomic mass is 32.2. The van der Waals surface area contributed by atoms with Crippen LogP contribution in [0.5, 0.6) is 0 Å². The molecule has 0 saturated heterocycles. The Kier molecular flexibility index (Phi) is 4.96. The van der Waals surface area contributed by atoms with Gasteiger partial charge in [0.25, 0.3) is 0 Å². The minimum absolute atomic E-state index is 0.191. The zero-order chi connectivity index (χ0) is 16.3. The lowest BCUT2D eigenvalue weighted by Crippen LogP contribution is -2.06. The van der Waals surface area contributed by atoms with Gasteiger partial charge < -0.3 is 4.52 Å². The van der Waals surface area contributed by atoms with Gasteiger partial charge in [-0.25, -0.2) is 17.8 Å². The van der Waals surface area contributed by atoms with E-state index in [9.17, 15) is 21.6 Å². The Labute approximate surface area is 127 Å². The summed E-state index contributed by atoms with van der Waals surface area (Å²) in [5.74, 6) is -1.96. The molecule has 0 radical (unpaired) electrons. The van der Waals surface area contributed by atoms with Gasteiger partial charge in [0.05, 0.1) is 16.8 Å². The molecule has 0 N–H and O–H groups in total. The van der Waals surface area contributed by atoms with Crippen LogP contribution in [0.1, 0.15) is 19.2 Å². The van der Waals surface area contributed by atoms with Crippen LogP contribution in [0.4, 0.5) is 13.2 Å². The van der Waals surface area contributed by atoms with Gasteiger partial charge in [-0.15, -0.1) is 0 Å². The van der Waals surface area contributed by atoms with Crippen molar-refractivity contribution in [1.29, 1.82) is 0 Å². The van der Waals surface area contributed by atoms with Crippen molar-refractivity contribution in [1.82, 2.24) is 15.1 Å². The summed E-state index contributed by atoms with van der Waals surface area (Å²) in [5.41, 5.74) is 0. The summed E-state index contributed by atoms with van der Waals surface area (Å²) in [4.78, 5) is 8.08. The van der Waals surface area contributed by atoms with Crippen LogP contribution < -0.4 is 0 Å². The molecular weight excluding hydrogens is 343 g/mol. The van der Waals surface area contributed by atoms with Gasteiger partial charge in [-0.05, 0) is 0 Å². The second kappa shape index (κ2) is 6.57. The molecular formula is C11H10F3N3O3S2. The monoisotopic (exact) mass is 353 g/mol. The van der Waals surface area contributed by atoms with Crippen molar-refractivity contribution in [2.24, 2.45) is 0 Å². The first-order chi connectivity index (χ1) is 10.3. The largest absolute Gasteiger partial charge is 0.339 e. The molecule has 0 aromatic carbocycles. The standard InChI is InChI=1S/C11H10F3N3O3S2/c1-2-8-16-10(17-20-8)7-5-15-11(21-7)22(18,19)4-3-6(12)9(13)14/h5H,2-4H2,1H3. The topological polar surface area (TPSA) is 86.0 Å². The fourth-order valence-corrected chi connectivity index (χ4v) is 3.85. The van der Waals surface area contributed by atoms with Crippen molar-refractivity contribution in [3.8, 4) is 10.7 Å². The molecule has 0 aliphatic heterocycles. The molecule has 0 atom stereocenters. The van der Waals surface area contributed by atoms with Crippen LogP contribution >= 0.6 is 11.3 Å². The molecule has 120 valence electrons. The Balaban J connectivity index is 2.18. The normalized spacial score (nSPS) is 11.6. The molecule has 0 saturated carbocycles. The Morgan fingerprint density at radius 3 is 2.68 bits per heavy atom. The summed E-state index contributed by atoms with van der Waals surface area (Å²) in [6.45, 7) is 1.81. The molecule has 0 fully saturated rings. The minimum atomic E-state index is -3.96. The van der Waals surface area contributed by atoms with Crippen molar-refractivity contribution >= 4 is 21.2 Å². The van der Waals surface area contributed by atoms with Gasteiger partial charge in [0.1, 0.15) is 0 Å². The zero-order valence-corrected chi connectivity index (χ0v) is 12.8. The third kappa shape index (κ3) is 3.71. The molecule has 2 rings (SSSR count). The van der Waals surface area contributed by atoms with Crippen LogP contribution in [-0.4, -0.2) is 29.3 Å². The lowest BCUT2D eigenvalue weighted by Gasteiger charge is -1.98. The maximum absolute atomic E-state index is 12.7. The Bertz CT molecular complexity index is 794. The van der Waals surface area contributed by atoms with E-state index >= 15 is 0 Å². The summed E-state index contributed by atoms with van der Waals surface area (Å²) in [5, 5.41) is 3.67. The average molecular weight is 353 g/mol. The van der Waals surface area contributed by atoms with Crippen LogP contribution in [0, 0.1) is 0 Å². The fraction of sp³-hybridized carbons (Fsp3) is 0.364. The van der Waals surface area contributed by atoms with Crippen molar-refractivity contribution in [3.05, 3.63) is 24.0 Å². The van der Waals surface area contributed by atoms with E-state index in [1.807, 2.05) is 6.92 Å². The third-order valence-electron chi connectivity index (χ3n) is 2.54. The number of aromatic nitrogens is 3. The van der Waals surface area contributed by atoms with Gasteiger partial charge in [0.15, 0.2) is 5.83 Å². The summed E-state index contributed by atoms with van der Waals surface area (Å²) >= 11 is 0.767. The maximum atomic E-state index is 12.7. The number of hydrogen-bond donors (Lipinski definition) is 0. The van der Waals surface area contributed by atoms with Crippen LogP contribution in [0.15, 0.2) is 27.0 Å². The SMILES string of the molecule is CCc1nc(-c2cnc(S(=O)(=O)CCC(F)=C(F)F)s2)no1. The summed E-state index contributed by atoms with van der Waals surface area (Å²) in [6, 6.07) is 0. The molecule has 11 heteroatoms. The molecule has 0 bridgehead atoms. The van der Waals surface area contributed by atoms with E-state index < -0.39 is 33.9 Å². The Morgan fingerprint density at radius 1 is 1.36 bits per heavy atom. The van der Waals surface area contributed by atoms with Gasteiger partial charge >= 0.3 is 6.08 Å². The van der Waals surface area contributed by atoms with Gasteiger partial charge in [0, 0.05) is 12.8 Å². The predicted molar refractivity (Wildman–Crippen MR) is 71.8 cm³/mol. The highest BCUT2D eigenvalue weighted by Crippen LogP contribution is 2.28. The smallest absolute Gasteiger partial charge is 0.301 e. The average Bonchev–Trinajstić information content (AvgIpc) is 3.12. The van der Waals surface area contributed by atoms with Crippen molar-refractivity contribution in [3.63, 3.8) is 0 Å². The second-order valence-electron chi connectivity index (χ2n) is 4.09. The molecule has 0 amide bonds. The van der Waals surface area contributed by atoms with Crippen LogP contribution in [-0.2, 0) is 16.3 Å². The molecule has 2 heterocycles. The number of thiazole rings is 1. The number of sulfone groups is 1. The van der Waals surface area contributed by atoms with Crippen molar-refractivity contribution in [2.75, 3.05) is 5.75 Å². The van der Waals surface area contributed by atoms with E-state index in [4.69, 9.17) is 4.52 Å². The van der Waals surface area contributed by atoms with Crippen LogP contribution in [0.25, 0.3) is 10.7 Å². The van der Waals surface area contributed by atoms with E-state index in [0.29, 0.717) is 17.2 Å². The summed E-state index contributed by atoms with van der Waals surface area (Å²) in [7, 11) is -3.96. The Morgan fingerprint density at radius 2 is 2.09 bits per heavy atom. The molecule has 2 aromatic heterocycles. The molecule has 0 spiro atoms. The molecule has 6 nitrogen and oxygen atoms in total. The lowest BCUT2D eigenvalue weighted by molar-refractivity contribution is 0.373. The number of allylic oxidation sites excluding steroid dienone is 1. The molecule has 0 aliphatic rings. The van der Waals surface area contributed by atoms with Gasteiger partial charge in [0.2, 0.25) is 25.9 Å². The van der Waals surface area contributed by atoms with E-state index in [1.165, 1.54) is 6.20 Å². The molecule has 0 unspecified atom stereocenters. The number of rotatable bonds is 6. The first-order valence-electron chi connectivity index (χ1n) is 6.04. The highest BCUT2D eigenvalue weighted by molar-refractivity contribution is 7.93. The summed E-state index contributed by atoms with van der Waals surface area (Å²) in [6.07, 6.45) is -1.66. The van der Waals surface area contributed by atoms with E-state index in [2.05, 4.69) is 15.1 Å². The second-order valence-corrected chi connectivity index (χ2v) is 7.40. The summed E-state index contributed by atoms with van der Waals surface area (Å²) < 4.78 is 65.0.